The first-order valence-corrected chi connectivity index (χ1v) is 5.71. The van der Waals surface area contributed by atoms with Crippen molar-refractivity contribution in [2.45, 2.75) is 6.10 Å². The molecule has 0 aromatic heterocycles. The van der Waals surface area contributed by atoms with Gasteiger partial charge < -0.3 is 4.74 Å². The van der Waals surface area contributed by atoms with Gasteiger partial charge >= 0.3 is 0 Å². The Morgan fingerprint density at radius 3 is 2.17 bits per heavy atom. The quantitative estimate of drug-likeness (QED) is 0.768. The Labute approximate surface area is 106 Å². The van der Waals surface area contributed by atoms with Crippen molar-refractivity contribution in [2.75, 3.05) is 4.90 Å². The Kier molecular flexibility index (Phi) is 2.73. The fraction of sp³-hybridized carbons (Fsp3) is 0.0667. The average Bonchev–Trinajstić information content (AvgIpc) is 2.44. The van der Waals surface area contributed by atoms with Gasteiger partial charge in [0, 0.05) is 5.69 Å². The van der Waals surface area contributed by atoms with Crippen LogP contribution in [0.5, 0.6) is 5.75 Å². The molecule has 0 aliphatic carbocycles. The number of rotatable bonds is 3. The lowest BCUT2D eigenvalue weighted by Gasteiger charge is -2.36. The topological polar surface area (TPSA) is 29.5 Å². The number of β-lactam (4-membered cyclic amide) rings is 1. The Hall–Kier alpha value is -2.29. The molecule has 1 heterocycles. The smallest absolute Gasteiger partial charge is 0.271 e. The molecule has 2 radical (unpaired) electrons. The van der Waals surface area contributed by atoms with Crippen LogP contribution < -0.4 is 9.64 Å². The van der Waals surface area contributed by atoms with E-state index < -0.39 is 6.10 Å². The van der Waals surface area contributed by atoms with Crippen molar-refractivity contribution >= 4 is 11.6 Å². The van der Waals surface area contributed by atoms with Gasteiger partial charge in [-0.1, -0.05) is 36.4 Å². The lowest BCUT2D eigenvalue weighted by atomic mass is 10.1. The number of benzene rings is 2. The zero-order chi connectivity index (χ0) is 12.4. The highest BCUT2D eigenvalue weighted by molar-refractivity contribution is 6.06. The molecule has 1 unspecified atom stereocenters. The second kappa shape index (κ2) is 4.53. The van der Waals surface area contributed by atoms with Crippen LogP contribution in [0.25, 0.3) is 0 Å². The number of hydrogen-bond donors (Lipinski definition) is 0. The second-order valence-corrected chi connectivity index (χ2v) is 3.95. The molecule has 1 amide bonds. The minimum absolute atomic E-state index is 0.0925. The van der Waals surface area contributed by atoms with Gasteiger partial charge in [0.1, 0.15) is 5.75 Å². The number of amides is 1. The number of para-hydroxylation sites is 2. The Balaban J connectivity index is 1.66. The van der Waals surface area contributed by atoms with Gasteiger partial charge in [0.05, 0.1) is 0 Å². The van der Waals surface area contributed by atoms with Crippen LogP contribution in [-0.2, 0) is 4.79 Å². The summed E-state index contributed by atoms with van der Waals surface area (Å²) in [6, 6.07) is 18.7. The fourth-order valence-corrected chi connectivity index (χ4v) is 1.78. The minimum Gasteiger partial charge on any atom is -0.478 e. The number of anilines is 1. The molecule has 3 heteroatoms. The summed E-state index contributed by atoms with van der Waals surface area (Å²) in [7, 11) is 0. The van der Waals surface area contributed by atoms with Crippen LogP contribution in [0.15, 0.2) is 60.7 Å². The van der Waals surface area contributed by atoms with E-state index in [2.05, 4.69) is 6.54 Å². The van der Waals surface area contributed by atoms with E-state index in [4.69, 9.17) is 4.74 Å². The van der Waals surface area contributed by atoms with E-state index >= 15 is 0 Å². The number of nitrogens with zero attached hydrogens (tertiary/aromatic N) is 1. The monoisotopic (exact) mass is 237 g/mol. The lowest BCUT2D eigenvalue weighted by molar-refractivity contribution is -0.128. The molecule has 3 rings (SSSR count). The predicted molar refractivity (Wildman–Crippen MR) is 68.0 cm³/mol. The fourth-order valence-electron chi connectivity index (χ4n) is 1.78. The second-order valence-electron chi connectivity index (χ2n) is 3.95. The maximum atomic E-state index is 11.9. The molecule has 2 aromatic carbocycles. The molecule has 0 spiro atoms. The molecule has 1 aliphatic rings. The van der Waals surface area contributed by atoms with Gasteiger partial charge in [0.15, 0.2) is 6.54 Å². The summed E-state index contributed by atoms with van der Waals surface area (Å²) in [5.41, 5.74) is 0.815. The molecule has 1 atom stereocenters. The van der Waals surface area contributed by atoms with Gasteiger partial charge in [-0.2, -0.15) is 0 Å². The highest BCUT2D eigenvalue weighted by atomic mass is 16.5. The summed E-state index contributed by atoms with van der Waals surface area (Å²) in [4.78, 5) is 13.4. The normalized spacial score (nSPS) is 18.3. The average molecular weight is 237 g/mol. The molecular formula is C15H11NO2. The maximum absolute atomic E-state index is 11.9. The van der Waals surface area contributed by atoms with Crippen molar-refractivity contribution in [3.8, 4) is 5.75 Å². The van der Waals surface area contributed by atoms with Gasteiger partial charge in [0.25, 0.3) is 5.91 Å². The SMILES string of the molecule is O=C1C(Oc2ccccc2)[C]N1c1ccccc1. The molecule has 1 fully saturated rings. The van der Waals surface area contributed by atoms with Crippen molar-refractivity contribution in [2.24, 2.45) is 0 Å². The van der Waals surface area contributed by atoms with Gasteiger partial charge in [-0.3, -0.25) is 9.69 Å². The molecule has 1 aliphatic heterocycles. The molecule has 1 saturated heterocycles. The van der Waals surface area contributed by atoms with Crippen LogP contribution in [0.4, 0.5) is 5.69 Å². The van der Waals surface area contributed by atoms with Crippen molar-refractivity contribution in [3.05, 3.63) is 67.2 Å². The standard InChI is InChI=1S/C15H11NO2/c17-15-14(18-13-9-5-2-6-10-13)11-16(15)12-7-3-1-4-8-12/h1-10,14H. The predicted octanol–water partition coefficient (Wildman–Crippen LogP) is 2.52. The molecule has 88 valence electrons. The van der Waals surface area contributed by atoms with Crippen molar-refractivity contribution in [1.29, 1.82) is 0 Å². The number of carbonyl (C=O) groups is 1. The maximum Gasteiger partial charge on any atom is 0.271 e. The molecule has 0 N–H and O–H groups in total. The van der Waals surface area contributed by atoms with Crippen LogP contribution >= 0.6 is 0 Å². The van der Waals surface area contributed by atoms with Gasteiger partial charge in [-0.05, 0) is 24.3 Å². The highest BCUT2D eigenvalue weighted by Gasteiger charge is 2.41. The highest BCUT2D eigenvalue weighted by Crippen LogP contribution is 2.27. The van der Waals surface area contributed by atoms with Crippen LogP contribution in [0, 0.1) is 6.54 Å². The third-order valence-corrected chi connectivity index (χ3v) is 2.70. The summed E-state index contributed by atoms with van der Waals surface area (Å²) in [5, 5.41) is 0. The lowest BCUT2D eigenvalue weighted by Crippen LogP contribution is -2.55. The third kappa shape index (κ3) is 1.95. The van der Waals surface area contributed by atoms with E-state index in [1.807, 2.05) is 60.7 Å². The zero-order valence-electron chi connectivity index (χ0n) is 9.61. The first-order chi connectivity index (χ1) is 8.84. The van der Waals surface area contributed by atoms with E-state index in [0.29, 0.717) is 5.75 Å². The van der Waals surface area contributed by atoms with Crippen molar-refractivity contribution < 1.29 is 9.53 Å². The van der Waals surface area contributed by atoms with E-state index in [1.165, 1.54) is 4.90 Å². The van der Waals surface area contributed by atoms with E-state index in [1.54, 1.807) is 0 Å². The first-order valence-electron chi connectivity index (χ1n) is 5.71. The van der Waals surface area contributed by atoms with Crippen molar-refractivity contribution in [1.82, 2.24) is 0 Å². The van der Waals surface area contributed by atoms with E-state index in [-0.39, 0.29) is 5.91 Å². The molecule has 2 aromatic rings. The zero-order valence-corrected chi connectivity index (χ0v) is 9.61. The summed E-state index contributed by atoms with van der Waals surface area (Å²) >= 11 is 0. The van der Waals surface area contributed by atoms with Crippen molar-refractivity contribution in [3.63, 3.8) is 0 Å². The van der Waals surface area contributed by atoms with Gasteiger partial charge in [-0.15, -0.1) is 0 Å². The third-order valence-electron chi connectivity index (χ3n) is 2.70. The number of ether oxygens (including phenoxy) is 1. The number of carbonyl (C=O) groups excluding carboxylic acids is 1. The molecular weight excluding hydrogens is 226 g/mol. The molecule has 0 bridgehead atoms. The molecule has 18 heavy (non-hydrogen) atoms. The van der Waals surface area contributed by atoms with Gasteiger partial charge in [0.2, 0.25) is 6.10 Å². The van der Waals surface area contributed by atoms with E-state index in [9.17, 15) is 4.79 Å². The molecule has 3 nitrogen and oxygen atoms in total. The summed E-state index contributed by atoms with van der Waals surface area (Å²) in [5.74, 6) is 0.584. The van der Waals surface area contributed by atoms with Crippen LogP contribution in [0.3, 0.4) is 0 Å². The Morgan fingerprint density at radius 1 is 0.944 bits per heavy atom. The Bertz CT molecular complexity index is 539. The minimum atomic E-state index is -0.604. The van der Waals surface area contributed by atoms with Gasteiger partial charge in [-0.25, -0.2) is 0 Å². The Morgan fingerprint density at radius 2 is 1.56 bits per heavy atom. The first kappa shape index (κ1) is 10.8. The largest absolute Gasteiger partial charge is 0.478 e. The summed E-state index contributed by atoms with van der Waals surface area (Å²) < 4.78 is 5.51. The van der Waals surface area contributed by atoms with Crippen LogP contribution in [0.2, 0.25) is 0 Å². The van der Waals surface area contributed by atoms with Crippen LogP contribution in [0.1, 0.15) is 0 Å². The summed E-state index contributed by atoms with van der Waals surface area (Å²) in [6.45, 7) is 2.96. The number of hydrogen-bond acceptors (Lipinski definition) is 2. The van der Waals surface area contributed by atoms with E-state index in [0.717, 1.165) is 5.69 Å². The summed E-state index contributed by atoms with van der Waals surface area (Å²) in [6.07, 6.45) is -0.604. The molecule has 0 saturated carbocycles. The van der Waals surface area contributed by atoms with Crippen LogP contribution in [-0.4, -0.2) is 12.0 Å².